The van der Waals surface area contributed by atoms with Gasteiger partial charge < -0.3 is 10.6 Å². The van der Waals surface area contributed by atoms with Gasteiger partial charge in [0.05, 0.1) is 0 Å². The highest BCUT2D eigenvalue weighted by molar-refractivity contribution is 5.79. The number of piperidine rings is 1. The SMILES string of the molecule is CC1CCC(NC(=O)C2CCC(F)(F)CC2)C(C)N1. The van der Waals surface area contributed by atoms with Gasteiger partial charge in [-0.1, -0.05) is 0 Å². The fraction of sp³-hybridized carbons (Fsp3) is 0.929. The topological polar surface area (TPSA) is 41.1 Å². The number of carbonyl (C=O) groups is 1. The van der Waals surface area contributed by atoms with Crippen molar-refractivity contribution in [2.24, 2.45) is 5.92 Å². The van der Waals surface area contributed by atoms with E-state index in [1.165, 1.54) is 0 Å². The molecule has 5 heteroatoms. The van der Waals surface area contributed by atoms with Crippen LogP contribution in [0.2, 0.25) is 0 Å². The van der Waals surface area contributed by atoms with Gasteiger partial charge in [0.2, 0.25) is 11.8 Å². The molecule has 0 aromatic heterocycles. The predicted octanol–water partition coefficient (Wildman–Crippen LogP) is 2.46. The quantitative estimate of drug-likeness (QED) is 0.812. The van der Waals surface area contributed by atoms with Crippen LogP contribution in [-0.4, -0.2) is 30.0 Å². The lowest BCUT2D eigenvalue weighted by Crippen LogP contribution is -2.55. The normalized spacial score (nSPS) is 35.9. The third-order valence-corrected chi connectivity index (χ3v) is 4.48. The van der Waals surface area contributed by atoms with Crippen molar-refractivity contribution in [3.8, 4) is 0 Å². The summed E-state index contributed by atoms with van der Waals surface area (Å²) in [6.45, 7) is 4.20. The maximum absolute atomic E-state index is 13.1. The van der Waals surface area contributed by atoms with E-state index in [2.05, 4.69) is 24.5 Å². The molecule has 3 nitrogen and oxygen atoms in total. The lowest BCUT2D eigenvalue weighted by Gasteiger charge is -2.36. The number of rotatable bonds is 2. The standard InChI is InChI=1S/C14H24F2N2O/c1-9-3-4-12(10(2)17-9)18-13(19)11-5-7-14(15,16)8-6-11/h9-12,17H,3-8H2,1-2H3,(H,18,19). The highest BCUT2D eigenvalue weighted by Gasteiger charge is 2.38. The Kier molecular flexibility index (Phi) is 4.43. The van der Waals surface area contributed by atoms with Gasteiger partial charge in [0, 0.05) is 36.9 Å². The lowest BCUT2D eigenvalue weighted by molar-refractivity contribution is -0.130. The average molecular weight is 274 g/mol. The Balaban J connectivity index is 1.81. The van der Waals surface area contributed by atoms with E-state index in [0.717, 1.165) is 12.8 Å². The molecular weight excluding hydrogens is 250 g/mol. The van der Waals surface area contributed by atoms with Crippen molar-refractivity contribution in [2.45, 2.75) is 76.4 Å². The van der Waals surface area contributed by atoms with Gasteiger partial charge in [-0.2, -0.15) is 0 Å². The predicted molar refractivity (Wildman–Crippen MR) is 70.1 cm³/mol. The van der Waals surface area contributed by atoms with Crippen LogP contribution in [-0.2, 0) is 4.79 Å². The fourth-order valence-corrected chi connectivity index (χ4v) is 3.13. The van der Waals surface area contributed by atoms with Crippen molar-refractivity contribution in [3.05, 3.63) is 0 Å². The molecule has 2 N–H and O–H groups in total. The van der Waals surface area contributed by atoms with Crippen LogP contribution in [0.4, 0.5) is 8.78 Å². The third-order valence-electron chi connectivity index (χ3n) is 4.48. The van der Waals surface area contributed by atoms with Gasteiger partial charge in [0.25, 0.3) is 0 Å². The average Bonchev–Trinajstić information content (AvgIpc) is 2.32. The molecule has 0 aromatic rings. The van der Waals surface area contributed by atoms with Gasteiger partial charge in [-0.3, -0.25) is 4.79 Å². The van der Waals surface area contributed by atoms with E-state index >= 15 is 0 Å². The highest BCUT2D eigenvalue weighted by Crippen LogP contribution is 2.36. The molecule has 3 unspecified atom stereocenters. The maximum atomic E-state index is 13.1. The van der Waals surface area contributed by atoms with E-state index in [1.54, 1.807) is 0 Å². The maximum Gasteiger partial charge on any atom is 0.248 e. The number of alkyl halides is 2. The first-order valence-electron chi connectivity index (χ1n) is 7.31. The Bertz CT molecular complexity index is 325. The summed E-state index contributed by atoms with van der Waals surface area (Å²) >= 11 is 0. The van der Waals surface area contributed by atoms with Crippen molar-refractivity contribution in [1.82, 2.24) is 10.6 Å². The van der Waals surface area contributed by atoms with Crippen LogP contribution in [0.1, 0.15) is 52.4 Å². The molecular formula is C14H24F2N2O. The molecule has 1 aliphatic heterocycles. The zero-order valence-electron chi connectivity index (χ0n) is 11.7. The van der Waals surface area contributed by atoms with E-state index < -0.39 is 5.92 Å². The number of hydrogen-bond donors (Lipinski definition) is 2. The summed E-state index contributed by atoms with van der Waals surface area (Å²) in [5, 5.41) is 6.46. The molecule has 0 spiro atoms. The van der Waals surface area contributed by atoms with E-state index in [-0.39, 0.29) is 36.8 Å². The summed E-state index contributed by atoms with van der Waals surface area (Å²) in [6.07, 6.45) is 2.32. The van der Waals surface area contributed by atoms with Crippen molar-refractivity contribution in [3.63, 3.8) is 0 Å². The van der Waals surface area contributed by atoms with Gasteiger partial charge in [-0.15, -0.1) is 0 Å². The second kappa shape index (κ2) is 5.73. The fourth-order valence-electron chi connectivity index (χ4n) is 3.13. The molecule has 1 saturated carbocycles. The number of amides is 1. The highest BCUT2D eigenvalue weighted by atomic mass is 19.3. The van der Waals surface area contributed by atoms with E-state index in [1.807, 2.05) is 0 Å². The minimum atomic E-state index is -2.56. The van der Waals surface area contributed by atoms with Crippen LogP contribution in [0.25, 0.3) is 0 Å². The Hall–Kier alpha value is -0.710. The zero-order valence-corrected chi connectivity index (χ0v) is 11.7. The first-order valence-corrected chi connectivity index (χ1v) is 7.31. The molecule has 0 bridgehead atoms. The summed E-state index contributed by atoms with van der Waals surface area (Å²) in [5.41, 5.74) is 0. The van der Waals surface area contributed by atoms with Crippen molar-refractivity contribution in [1.29, 1.82) is 0 Å². The molecule has 19 heavy (non-hydrogen) atoms. The Morgan fingerprint density at radius 2 is 1.79 bits per heavy atom. The number of hydrogen-bond acceptors (Lipinski definition) is 2. The summed E-state index contributed by atoms with van der Waals surface area (Å²) < 4.78 is 26.1. The van der Waals surface area contributed by atoms with Crippen LogP contribution < -0.4 is 10.6 Å². The number of halogens is 2. The Morgan fingerprint density at radius 3 is 2.37 bits per heavy atom. The molecule has 1 amide bonds. The third kappa shape index (κ3) is 3.88. The monoisotopic (exact) mass is 274 g/mol. The molecule has 1 saturated heterocycles. The van der Waals surface area contributed by atoms with Crippen molar-refractivity contribution < 1.29 is 13.6 Å². The minimum absolute atomic E-state index is 0.0382. The second-order valence-corrected chi connectivity index (χ2v) is 6.18. The summed E-state index contributed by atoms with van der Waals surface area (Å²) in [5.74, 6) is -2.83. The molecule has 1 aliphatic carbocycles. The van der Waals surface area contributed by atoms with E-state index in [9.17, 15) is 13.6 Å². The largest absolute Gasteiger partial charge is 0.352 e. The molecule has 2 aliphatic rings. The first-order chi connectivity index (χ1) is 8.87. The van der Waals surface area contributed by atoms with Gasteiger partial charge in [-0.05, 0) is 39.5 Å². The van der Waals surface area contributed by atoms with E-state index in [0.29, 0.717) is 18.9 Å². The number of nitrogens with one attached hydrogen (secondary N) is 2. The molecule has 2 rings (SSSR count). The van der Waals surface area contributed by atoms with Crippen LogP contribution in [0.15, 0.2) is 0 Å². The second-order valence-electron chi connectivity index (χ2n) is 6.18. The summed E-state index contributed by atoms with van der Waals surface area (Å²) in [7, 11) is 0. The van der Waals surface area contributed by atoms with Gasteiger partial charge in [-0.25, -0.2) is 8.78 Å². The van der Waals surface area contributed by atoms with Crippen molar-refractivity contribution >= 4 is 5.91 Å². The smallest absolute Gasteiger partial charge is 0.248 e. The summed E-state index contributed by atoms with van der Waals surface area (Å²) in [4.78, 5) is 12.1. The van der Waals surface area contributed by atoms with Crippen LogP contribution in [0, 0.1) is 5.92 Å². The molecule has 1 heterocycles. The molecule has 2 fully saturated rings. The lowest BCUT2D eigenvalue weighted by atomic mass is 9.85. The molecule has 3 atom stereocenters. The summed E-state index contributed by atoms with van der Waals surface area (Å²) in [6, 6.07) is 0.861. The first kappa shape index (κ1) is 14.7. The molecule has 110 valence electrons. The Labute approximate surface area is 113 Å². The van der Waals surface area contributed by atoms with Gasteiger partial charge in [0.15, 0.2) is 0 Å². The number of carbonyl (C=O) groups excluding carboxylic acids is 1. The van der Waals surface area contributed by atoms with Gasteiger partial charge >= 0.3 is 0 Å². The van der Waals surface area contributed by atoms with Crippen molar-refractivity contribution in [2.75, 3.05) is 0 Å². The van der Waals surface area contributed by atoms with E-state index in [4.69, 9.17) is 0 Å². The molecule has 0 radical (unpaired) electrons. The van der Waals surface area contributed by atoms with Crippen LogP contribution >= 0.6 is 0 Å². The van der Waals surface area contributed by atoms with Crippen LogP contribution in [0.5, 0.6) is 0 Å². The Morgan fingerprint density at radius 1 is 1.16 bits per heavy atom. The molecule has 0 aromatic carbocycles. The zero-order chi connectivity index (χ0) is 14.0. The minimum Gasteiger partial charge on any atom is -0.352 e. The van der Waals surface area contributed by atoms with Crippen LogP contribution in [0.3, 0.4) is 0 Å². The van der Waals surface area contributed by atoms with Gasteiger partial charge in [0.1, 0.15) is 0 Å².